The van der Waals surface area contributed by atoms with Crippen LogP contribution in [0.5, 0.6) is 0 Å². The lowest BCUT2D eigenvalue weighted by Gasteiger charge is -2.12. The molecule has 4 aromatic rings. The Balaban J connectivity index is 1.51. The third kappa shape index (κ3) is 5.95. The minimum absolute atomic E-state index is 0.00199. The fourth-order valence-electron chi connectivity index (χ4n) is 4.32. The molecule has 1 aromatic heterocycles. The van der Waals surface area contributed by atoms with Crippen molar-refractivity contribution in [3.63, 3.8) is 0 Å². The van der Waals surface area contributed by atoms with Gasteiger partial charge in [-0.25, -0.2) is 13.6 Å². The zero-order valence-corrected chi connectivity index (χ0v) is 19.9. The van der Waals surface area contributed by atoms with E-state index in [1.807, 2.05) is 38.1 Å². The molecule has 0 saturated carbocycles. The SMILES string of the molecule is CC(C)Cc1cc(F)c(Cn2cc(C[C@H](O)COC(=O)c3ccccc3)c3ccccc32)c(F)c1. The number of esters is 1. The number of para-hydroxylation sites is 1. The van der Waals surface area contributed by atoms with E-state index < -0.39 is 23.7 Å². The predicted molar refractivity (Wildman–Crippen MR) is 132 cm³/mol. The van der Waals surface area contributed by atoms with Crippen LogP contribution in [0.1, 0.15) is 40.9 Å². The second-order valence-electron chi connectivity index (χ2n) is 9.26. The minimum atomic E-state index is -0.925. The minimum Gasteiger partial charge on any atom is -0.459 e. The van der Waals surface area contributed by atoms with E-state index in [1.165, 1.54) is 12.1 Å². The number of rotatable bonds is 9. The Morgan fingerprint density at radius 3 is 2.31 bits per heavy atom. The van der Waals surface area contributed by atoms with Crippen molar-refractivity contribution in [1.29, 1.82) is 0 Å². The van der Waals surface area contributed by atoms with Gasteiger partial charge in [-0.1, -0.05) is 50.2 Å². The van der Waals surface area contributed by atoms with Crippen LogP contribution in [0, 0.1) is 17.6 Å². The number of nitrogens with zero attached hydrogens (tertiary/aromatic N) is 1. The molecule has 0 aliphatic rings. The van der Waals surface area contributed by atoms with Gasteiger partial charge in [0, 0.05) is 29.1 Å². The number of benzene rings is 3. The van der Waals surface area contributed by atoms with Gasteiger partial charge in [0.2, 0.25) is 0 Å². The molecule has 1 atom stereocenters. The Labute approximate surface area is 203 Å². The lowest BCUT2D eigenvalue weighted by Crippen LogP contribution is -2.21. The highest BCUT2D eigenvalue weighted by atomic mass is 19.1. The van der Waals surface area contributed by atoms with E-state index in [0.717, 1.165) is 16.5 Å². The topological polar surface area (TPSA) is 51.5 Å². The zero-order chi connectivity index (χ0) is 24.9. The first-order valence-corrected chi connectivity index (χ1v) is 11.8. The smallest absolute Gasteiger partial charge is 0.338 e. The molecule has 0 bridgehead atoms. The zero-order valence-electron chi connectivity index (χ0n) is 19.9. The maximum atomic E-state index is 14.8. The van der Waals surface area contributed by atoms with E-state index in [4.69, 9.17) is 4.74 Å². The van der Waals surface area contributed by atoms with Crippen LogP contribution < -0.4 is 0 Å². The van der Waals surface area contributed by atoms with Crippen molar-refractivity contribution in [3.8, 4) is 0 Å². The van der Waals surface area contributed by atoms with Crippen molar-refractivity contribution >= 4 is 16.9 Å². The fraction of sp³-hybridized carbons (Fsp3) is 0.276. The monoisotopic (exact) mass is 477 g/mol. The van der Waals surface area contributed by atoms with E-state index in [2.05, 4.69) is 0 Å². The van der Waals surface area contributed by atoms with Gasteiger partial charge in [-0.2, -0.15) is 0 Å². The Kier molecular flexibility index (Phi) is 7.61. The van der Waals surface area contributed by atoms with E-state index >= 15 is 0 Å². The summed E-state index contributed by atoms with van der Waals surface area (Å²) in [5.41, 5.74) is 2.68. The van der Waals surface area contributed by atoms with Gasteiger partial charge in [-0.05, 0) is 53.8 Å². The first-order chi connectivity index (χ1) is 16.8. The van der Waals surface area contributed by atoms with Gasteiger partial charge in [0.15, 0.2) is 0 Å². The Bertz CT molecular complexity index is 1290. The van der Waals surface area contributed by atoms with Crippen molar-refractivity contribution in [2.45, 2.75) is 39.3 Å². The van der Waals surface area contributed by atoms with Gasteiger partial charge in [-0.3, -0.25) is 0 Å². The standard InChI is InChI=1S/C29H29F2NO3/c1-19(2)12-20-13-26(30)25(27(31)14-20)17-32-16-22(24-10-6-7-11-28(24)32)15-23(33)18-35-29(34)21-8-4-3-5-9-21/h3-11,13-14,16,19,23,33H,12,15,17-18H2,1-2H3/t23-/m0/s1. The summed E-state index contributed by atoms with van der Waals surface area (Å²) < 4.78 is 36.7. The highest BCUT2D eigenvalue weighted by Crippen LogP contribution is 2.26. The molecule has 1 N–H and O–H groups in total. The lowest BCUT2D eigenvalue weighted by atomic mass is 10.0. The van der Waals surface area contributed by atoms with E-state index in [0.29, 0.717) is 23.5 Å². The molecule has 0 saturated heterocycles. The van der Waals surface area contributed by atoms with Crippen molar-refractivity contribution < 1.29 is 23.4 Å². The summed E-state index contributed by atoms with van der Waals surface area (Å²) in [7, 11) is 0. The molecule has 1 heterocycles. The summed E-state index contributed by atoms with van der Waals surface area (Å²) in [6.45, 7) is 3.88. The molecular formula is C29H29F2NO3. The quantitative estimate of drug-likeness (QED) is 0.304. The van der Waals surface area contributed by atoms with Gasteiger partial charge in [0.25, 0.3) is 0 Å². The highest BCUT2D eigenvalue weighted by molar-refractivity contribution is 5.89. The molecule has 182 valence electrons. The highest BCUT2D eigenvalue weighted by Gasteiger charge is 2.18. The fourth-order valence-corrected chi connectivity index (χ4v) is 4.32. The van der Waals surface area contributed by atoms with Crippen molar-refractivity contribution in [2.75, 3.05) is 6.61 Å². The molecule has 0 radical (unpaired) electrons. The number of carbonyl (C=O) groups excluding carboxylic acids is 1. The number of aliphatic hydroxyl groups is 1. The largest absolute Gasteiger partial charge is 0.459 e. The average Bonchev–Trinajstić information content (AvgIpc) is 3.17. The summed E-state index contributed by atoms with van der Waals surface area (Å²) >= 11 is 0. The molecule has 0 aliphatic carbocycles. The summed E-state index contributed by atoms with van der Waals surface area (Å²) in [4.78, 5) is 12.2. The Morgan fingerprint density at radius 2 is 1.63 bits per heavy atom. The summed E-state index contributed by atoms with van der Waals surface area (Å²) in [6.07, 6.45) is 1.71. The molecule has 0 fully saturated rings. The molecule has 0 unspecified atom stereocenters. The third-order valence-corrected chi connectivity index (χ3v) is 5.92. The van der Waals surface area contributed by atoms with E-state index in [1.54, 1.807) is 41.1 Å². The van der Waals surface area contributed by atoms with Crippen LogP contribution >= 0.6 is 0 Å². The molecule has 6 heteroatoms. The second-order valence-corrected chi connectivity index (χ2v) is 9.26. The number of hydrogen-bond acceptors (Lipinski definition) is 3. The maximum Gasteiger partial charge on any atom is 0.338 e. The molecule has 3 aromatic carbocycles. The van der Waals surface area contributed by atoms with Crippen LogP contribution in [-0.4, -0.2) is 28.4 Å². The lowest BCUT2D eigenvalue weighted by molar-refractivity contribution is 0.0259. The average molecular weight is 478 g/mol. The number of ether oxygens (including phenoxy) is 1. The van der Waals surface area contributed by atoms with Crippen LogP contribution in [0.3, 0.4) is 0 Å². The molecule has 35 heavy (non-hydrogen) atoms. The third-order valence-electron chi connectivity index (χ3n) is 5.92. The number of carbonyl (C=O) groups is 1. The predicted octanol–water partition coefficient (Wildman–Crippen LogP) is 5.93. The van der Waals surface area contributed by atoms with Crippen LogP contribution in [0.4, 0.5) is 8.78 Å². The molecular weight excluding hydrogens is 448 g/mol. The van der Waals surface area contributed by atoms with Crippen molar-refractivity contribution in [1.82, 2.24) is 4.57 Å². The summed E-state index contributed by atoms with van der Waals surface area (Å²) in [6, 6.07) is 18.9. The molecule has 4 nitrogen and oxygen atoms in total. The number of aliphatic hydroxyl groups excluding tert-OH is 1. The Hall–Kier alpha value is -3.51. The van der Waals surface area contributed by atoms with E-state index in [-0.39, 0.29) is 25.1 Å². The van der Waals surface area contributed by atoms with Crippen molar-refractivity contribution in [2.24, 2.45) is 5.92 Å². The van der Waals surface area contributed by atoms with Crippen LogP contribution in [0.2, 0.25) is 0 Å². The Morgan fingerprint density at radius 1 is 0.971 bits per heavy atom. The van der Waals surface area contributed by atoms with Gasteiger partial charge in [0.05, 0.1) is 18.2 Å². The van der Waals surface area contributed by atoms with Crippen molar-refractivity contribution in [3.05, 3.63) is 107 Å². The molecule has 4 rings (SSSR count). The van der Waals surface area contributed by atoms with Gasteiger partial charge >= 0.3 is 5.97 Å². The molecule has 0 amide bonds. The summed E-state index contributed by atoms with van der Waals surface area (Å²) in [5.74, 6) is -1.33. The first kappa shape index (κ1) is 24.6. The normalized spacial score (nSPS) is 12.3. The van der Waals surface area contributed by atoms with Gasteiger partial charge in [-0.15, -0.1) is 0 Å². The molecule has 0 aliphatic heterocycles. The molecule has 0 spiro atoms. The van der Waals surface area contributed by atoms with Crippen LogP contribution in [-0.2, 0) is 24.1 Å². The van der Waals surface area contributed by atoms with Gasteiger partial charge < -0.3 is 14.4 Å². The number of fused-ring (bicyclic) bond motifs is 1. The number of halogens is 2. The number of aromatic nitrogens is 1. The number of hydrogen-bond donors (Lipinski definition) is 1. The maximum absolute atomic E-state index is 14.8. The van der Waals surface area contributed by atoms with E-state index in [9.17, 15) is 18.7 Å². The van der Waals surface area contributed by atoms with Crippen LogP contribution in [0.25, 0.3) is 10.9 Å². The second kappa shape index (κ2) is 10.8. The summed E-state index contributed by atoms with van der Waals surface area (Å²) in [5, 5.41) is 11.4. The van der Waals surface area contributed by atoms with Gasteiger partial charge in [0.1, 0.15) is 18.2 Å². The first-order valence-electron chi connectivity index (χ1n) is 11.8. The van der Waals surface area contributed by atoms with Crippen LogP contribution in [0.15, 0.2) is 72.9 Å².